The maximum absolute atomic E-state index is 13.4. The lowest BCUT2D eigenvalue weighted by molar-refractivity contribution is 0.0310. The average Bonchev–Trinajstić information content (AvgIpc) is 2.14. The SMILES string of the molecule is OC(CS)C(O)c1c(F)cc(Cl)cc1Br. The zero-order valence-electron chi connectivity index (χ0n) is 7.49. The van der Waals surface area contributed by atoms with Crippen molar-refractivity contribution < 1.29 is 14.6 Å². The number of benzene rings is 1. The van der Waals surface area contributed by atoms with Gasteiger partial charge in [0.2, 0.25) is 0 Å². The van der Waals surface area contributed by atoms with E-state index in [4.69, 9.17) is 11.6 Å². The average molecular weight is 316 g/mol. The van der Waals surface area contributed by atoms with Crippen LogP contribution in [-0.4, -0.2) is 22.1 Å². The van der Waals surface area contributed by atoms with Crippen LogP contribution in [0.5, 0.6) is 0 Å². The van der Waals surface area contributed by atoms with Gasteiger partial charge in [0.1, 0.15) is 11.9 Å². The van der Waals surface area contributed by atoms with Crippen LogP contribution in [0.2, 0.25) is 5.02 Å². The summed E-state index contributed by atoms with van der Waals surface area (Å²) in [6.45, 7) is 0. The second-order valence-electron chi connectivity index (χ2n) is 2.98. The normalized spacial score (nSPS) is 15.1. The molecule has 2 nitrogen and oxygen atoms in total. The van der Waals surface area contributed by atoms with Gasteiger partial charge >= 0.3 is 0 Å². The van der Waals surface area contributed by atoms with Gasteiger partial charge in [-0.25, -0.2) is 4.39 Å². The maximum atomic E-state index is 13.4. The third-order valence-electron chi connectivity index (χ3n) is 1.89. The van der Waals surface area contributed by atoms with Crippen molar-refractivity contribution in [3.8, 4) is 0 Å². The number of rotatable bonds is 3. The first-order valence-electron chi connectivity index (χ1n) is 4.08. The van der Waals surface area contributed by atoms with Gasteiger partial charge in [-0.1, -0.05) is 27.5 Å². The first-order valence-corrected chi connectivity index (χ1v) is 5.89. The molecule has 1 aromatic carbocycles. The van der Waals surface area contributed by atoms with Crippen LogP contribution >= 0.6 is 40.2 Å². The molecule has 15 heavy (non-hydrogen) atoms. The summed E-state index contributed by atoms with van der Waals surface area (Å²) in [6.07, 6.45) is -2.45. The van der Waals surface area contributed by atoms with Gasteiger partial charge < -0.3 is 10.2 Å². The van der Waals surface area contributed by atoms with E-state index in [1.165, 1.54) is 6.07 Å². The molecule has 0 fully saturated rings. The Morgan fingerprint density at radius 1 is 1.47 bits per heavy atom. The van der Waals surface area contributed by atoms with Gasteiger partial charge in [-0.3, -0.25) is 0 Å². The minimum Gasteiger partial charge on any atom is -0.389 e. The Morgan fingerprint density at radius 3 is 2.53 bits per heavy atom. The third kappa shape index (κ3) is 3.07. The molecule has 0 bridgehead atoms. The highest BCUT2D eigenvalue weighted by molar-refractivity contribution is 9.10. The third-order valence-corrected chi connectivity index (χ3v) is 3.14. The number of aliphatic hydroxyl groups is 2. The van der Waals surface area contributed by atoms with Crippen LogP contribution in [0.3, 0.4) is 0 Å². The van der Waals surface area contributed by atoms with Crippen molar-refractivity contribution >= 4 is 40.2 Å². The summed E-state index contributed by atoms with van der Waals surface area (Å²) in [6, 6.07) is 2.53. The van der Waals surface area contributed by atoms with Gasteiger partial charge in [-0.2, -0.15) is 12.6 Å². The highest BCUT2D eigenvalue weighted by atomic mass is 79.9. The topological polar surface area (TPSA) is 40.5 Å². The Kier molecular flexibility index (Phi) is 4.86. The molecule has 0 saturated carbocycles. The summed E-state index contributed by atoms with van der Waals surface area (Å²) in [5.41, 5.74) is -0.0130. The minimum atomic E-state index is -1.32. The minimum absolute atomic E-state index is 0.0130. The molecule has 6 heteroatoms. The van der Waals surface area contributed by atoms with Gasteiger partial charge in [0.15, 0.2) is 0 Å². The number of hydrogen-bond acceptors (Lipinski definition) is 3. The molecule has 0 aliphatic heterocycles. The predicted octanol–water partition coefficient (Wildman–Crippen LogP) is 2.57. The van der Waals surface area contributed by atoms with Crippen LogP contribution in [0.4, 0.5) is 4.39 Å². The molecule has 2 atom stereocenters. The summed E-state index contributed by atoms with van der Waals surface area (Å²) in [4.78, 5) is 0. The zero-order chi connectivity index (χ0) is 11.6. The fraction of sp³-hybridized carbons (Fsp3) is 0.333. The van der Waals surface area contributed by atoms with Crippen molar-refractivity contribution in [1.82, 2.24) is 0 Å². The summed E-state index contributed by atoms with van der Waals surface area (Å²) in [7, 11) is 0. The van der Waals surface area contributed by atoms with Crippen LogP contribution < -0.4 is 0 Å². The molecule has 0 aromatic heterocycles. The lowest BCUT2D eigenvalue weighted by atomic mass is 10.0. The van der Waals surface area contributed by atoms with Gasteiger partial charge in [-0.05, 0) is 12.1 Å². The zero-order valence-corrected chi connectivity index (χ0v) is 10.7. The molecular weight excluding hydrogens is 307 g/mol. The van der Waals surface area contributed by atoms with E-state index in [1.54, 1.807) is 0 Å². The molecule has 2 N–H and O–H groups in total. The Morgan fingerprint density at radius 2 is 2.07 bits per heavy atom. The Balaban J connectivity index is 3.13. The first-order chi connectivity index (χ1) is 6.97. The molecule has 1 rings (SSSR count). The van der Waals surface area contributed by atoms with Crippen molar-refractivity contribution in [2.75, 3.05) is 5.75 Å². The quantitative estimate of drug-likeness (QED) is 0.750. The Bertz CT molecular complexity index is 341. The summed E-state index contributed by atoms with van der Waals surface area (Å²) >= 11 is 12.5. The van der Waals surface area contributed by atoms with Gasteiger partial charge in [0.25, 0.3) is 0 Å². The molecule has 2 unspecified atom stereocenters. The van der Waals surface area contributed by atoms with E-state index in [0.29, 0.717) is 4.47 Å². The first kappa shape index (κ1) is 13.3. The van der Waals surface area contributed by atoms with E-state index in [-0.39, 0.29) is 16.3 Å². The molecule has 0 spiro atoms. The van der Waals surface area contributed by atoms with Crippen LogP contribution in [0.1, 0.15) is 11.7 Å². The monoisotopic (exact) mass is 314 g/mol. The lowest BCUT2D eigenvalue weighted by Crippen LogP contribution is -2.21. The van der Waals surface area contributed by atoms with E-state index in [9.17, 15) is 14.6 Å². The lowest BCUT2D eigenvalue weighted by Gasteiger charge is -2.18. The molecule has 0 heterocycles. The number of halogens is 3. The molecule has 0 aliphatic rings. The highest BCUT2D eigenvalue weighted by Gasteiger charge is 2.23. The van der Waals surface area contributed by atoms with Gasteiger partial charge in [0, 0.05) is 20.8 Å². The van der Waals surface area contributed by atoms with E-state index < -0.39 is 18.0 Å². The van der Waals surface area contributed by atoms with Crippen molar-refractivity contribution in [1.29, 1.82) is 0 Å². The second kappa shape index (κ2) is 5.50. The van der Waals surface area contributed by atoms with Gasteiger partial charge in [0.05, 0.1) is 6.10 Å². The van der Waals surface area contributed by atoms with Crippen molar-refractivity contribution in [3.63, 3.8) is 0 Å². The molecule has 0 saturated heterocycles. The molecular formula is C9H9BrClFO2S. The molecule has 1 aromatic rings. The molecule has 0 amide bonds. The fourth-order valence-corrected chi connectivity index (χ4v) is 2.34. The summed E-state index contributed by atoms with van der Waals surface area (Å²) in [5.74, 6) is -0.627. The number of hydrogen-bond donors (Lipinski definition) is 3. The van der Waals surface area contributed by atoms with Crippen molar-refractivity contribution in [2.45, 2.75) is 12.2 Å². The van der Waals surface area contributed by atoms with E-state index >= 15 is 0 Å². The predicted molar refractivity (Wildman–Crippen MR) is 63.9 cm³/mol. The van der Waals surface area contributed by atoms with Crippen molar-refractivity contribution in [3.05, 3.63) is 33.0 Å². The van der Waals surface area contributed by atoms with Crippen LogP contribution in [0.25, 0.3) is 0 Å². The smallest absolute Gasteiger partial charge is 0.131 e. The number of thiol groups is 1. The van der Waals surface area contributed by atoms with Gasteiger partial charge in [-0.15, -0.1) is 0 Å². The van der Waals surface area contributed by atoms with E-state index in [2.05, 4.69) is 28.6 Å². The summed E-state index contributed by atoms with van der Waals surface area (Å²) < 4.78 is 13.8. The van der Waals surface area contributed by atoms with Crippen LogP contribution in [-0.2, 0) is 0 Å². The number of aliphatic hydroxyl groups excluding tert-OH is 2. The maximum Gasteiger partial charge on any atom is 0.131 e. The fourth-order valence-electron chi connectivity index (χ4n) is 1.13. The molecule has 84 valence electrons. The van der Waals surface area contributed by atoms with E-state index in [0.717, 1.165) is 6.07 Å². The van der Waals surface area contributed by atoms with Crippen molar-refractivity contribution in [2.24, 2.45) is 0 Å². The van der Waals surface area contributed by atoms with Crippen LogP contribution in [0.15, 0.2) is 16.6 Å². The largest absolute Gasteiger partial charge is 0.389 e. The highest BCUT2D eigenvalue weighted by Crippen LogP contribution is 2.31. The molecule has 0 aliphatic carbocycles. The summed E-state index contributed by atoms with van der Waals surface area (Å²) in [5, 5.41) is 19.2. The Labute approximate surface area is 106 Å². The second-order valence-corrected chi connectivity index (χ2v) is 4.63. The standard InChI is InChI=1S/C9H9BrClFO2S/c10-5-1-4(11)2-6(12)8(5)9(14)7(13)3-15/h1-2,7,9,13-15H,3H2. The van der Waals surface area contributed by atoms with E-state index in [1.807, 2.05) is 0 Å². The Hall–Kier alpha value is 0.190. The van der Waals surface area contributed by atoms with Crippen LogP contribution in [0, 0.1) is 5.82 Å². The molecule has 0 radical (unpaired) electrons.